The Balaban J connectivity index is 2.42. The minimum Gasteiger partial charge on any atom is -0.326 e. The second-order valence-corrected chi connectivity index (χ2v) is 5.08. The van der Waals surface area contributed by atoms with Gasteiger partial charge in [-0.1, -0.05) is 15.9 Å². The summed E-state index contributed by atoms with van der Waals surface area (Å²) in [5.74, 6) is -0.0107. The van der Waals surface area contributed by atoms with Crippen molar-refractivity contribution in [2.24, 2.45) is 0 Å². The van der Waals surface area contributed by atoms with Crippen LogP contribution < -0.4 is 5.32 Å². The first kappa shape index (κ1) is 11.6. The van der Waals surface area contributed by atoms with E-state index in [1.54, 1.807) is 6.92 Å². The van der Waals surface area contributed by atoms with E-state index in [9.17, 15) is 4.79 Å². The number of nitrogens with zero attached hydrogens (tertiary/aromatic N) is 1. The number of rotatable bonds is 1. The van der Waals surface area contributed by atoms with Gasteiger partial charge in [0.05, 0.1) is 0 Å². The van der Waals surface area contributed by atoms with E-state index in [-0.39, 0.29) is 5.91 Å². The van der Waals surface area contributed by atoms with Crippen molar-refractivity contribution in [2.45, 2.75) is 19.9 Å². The Labute approximate surface area is 104 Å². The van der Waals surface area contributed by atoms with Crippen LogP contribution in [0.1, 0.15) is 18.1 Å². The average molecular weight is 283 g/mol. The van der Waals surface area contributed by atoms with E-state index >= 15 is 0 Å². The molecule has 1 N–H and O–H groups in total. The first-order valence-corrected chi connectivity index (χ1v) is 6.13. The summed E-state index contributed by atoms with van der Waals surface area (Å²) in [4.78, 5) is 13.4. The summed E-state index contributed by atoms with van der Waals surface area (Å²) >= 11 is 3.57. The van der Waals surface area contributed by atoms with E-state index in [4.69, 9.17) is 0 Å². The highest BCUT2D eigenvalue weighted by molar-refractivity contribution is 9.10. The maximum atomic E-state index is 11.1. The number of nitrogens with one attached hydrogen (secondary N) is 1. The lowest BCUT2D eigenvalue weighted by molar-refractivity contribution is -0.114. The number of amides is 1. The van der Waals surface area contributed by atoms with E-state index < -0.39 is 0 Å². The molecule has 3 nitrogen and oxygen atoms in total. The second kappa shape index (κ2) is 4.55. The smallest absolute Gasteiger partial charge is 0.221 e. The van der Waals surface area contributed by atoms with Crippen LogP contribution in [0.3, 0.4) is 0 Å². The molecule has 0 aromatic heterocycles. The van der Waals surface area contributed by atoms with Crippen LogP contribution in [0.5, 0.6) is 0 Å². The third kappa shape index (κ3) is 2.28. The predicted octanol–water partition coefficient (Wildman–Crippen LogP) is 2.40. The van der Waals surface area contributed by atoms with Gasteiger partial charge in [-0.3, -0.25) is 4.79 Å². The topological polar surface area (TPSA) is 32.3 Å². The number of hydrogen-bond donors (Lipinski definition) is 1. The van der Waals surface area contributed by atoms with Gasteiger partial charge in [-0.15, -0.1) is 0 Å². The molecule has 0 aliphatic carbocycles. The van der Waals surface area contributed by atoms with Crippen LogP contribution in [0.25, 0.3) is 0 Å². The minimum absolute atomic E-state index is 0.0107. The molecule has 2 rings (SSSR count). The van der Waals surface area contributed by atoms with E-state index in [1.807, 2.05) is 12.1 Å². The molecule has 4 heteroatoms. The molecule has 0 bridgehead atoms. The van der Waals surface area contributed by atoms with Crippen LogP contribution in [0.15, 0.2) is 16.6 Å². The number of carbonyl (C=O) groups excluding carboxylic acids is 1. The molecule has 1 aliphatic rings. The zero-order valence-electron chi connectivity index (χ0n) is 9.51. The van der Waals surface area contributed by atoms with Crippen LogP contribution in [-0.2, 0) is 17.8 Å². The lowest BCUT2D eigenvalue weighted by atomic mass is 9.98. The summed E-state index contributed by atoms with van der Waals surface area (Å²) in [7, 11) is 2.11. The van der Waals surface area contributed by atoms with Gasteiger partial charge in [0.1, 0.15) is 0 Å². The molecule has 0 fully saturated rings. The number of halogens is 1. The fraction of sp³-hybridized carbons (Fsp3) is 0.417. The predicted molar refractivity (Wildman–Crippen MR) is 68.5 cm³/mol. The van der Waals surface area contributed by atoms with Gasteiger partial charge in [-0.25, -0.2) is 0 Å². The van der Waals surface area contributed by atoms with Crippen molar-refractivity contribution in [3.63, 3.8) is 0 Å². The van der Waals surface area contributed by atoms with Crippen molar-refractivity contribution >= 4 is 27.5 Å². The Kier molecular flexibility index (Phi) is 3.30. The van der Waals surface area contributed by atoms with Gasteiger partial charge in [0.2, 0.25) is 5.91 Å². The Bertz CT molecular complexity index is 431. The molecule has 0 unspecified atom stereocenters. The van der Waals surface area contributed by atoms with E-state index in [2.05, 4.69) is 33.2 Å². The lowest BCUT2D eigenvalue weighted by Gasteiger charge is -2.27. The van der Waals surface area contributed by atoms with Crippen molar-refractivity contribution in [1.29, 1.82) is 0 Å². The summed E-state index contributed by atoms with van der Waals surface area (Å²) < 4.78 is 1.13. The Hall–Kier alpha value is -0.870. The quantitative estimate of drug-likeness (QED) is 0.858. The van der Waals surface area contributed by atoms with Gasteiger partial charge in [-0.05, 0) is 36.7 Å². The Morgan fingerprint density at radius 3 is 2.88 bits per heavy atom. The van der Waals surface area contributed by atoms with Crippen molar-refractivity contribution in [2.75, 3.05) is 18.9 Å². The molecule has 0 radical (unpaired) electrons. The van der Waals surface area contributed by atoms with Crippen LogP contribution >= 0.6 is 15.9 Å². The Morgan fingerprint density at radius 2 is 2.19 bits per heavy atom. The zero-order chi connectivity index (χ0) is 11.7. The second-order valence-electron chi connectivity index (χ2n) is 4.22. The molecular weight excluding hydrogens is 268 g/mol. The number of hydrogen-bond acceptors (Lipinski definition) is 2. The normalized spacial score (nSPS) is 15.7. The molecule has 1 aromatic carbocycles. The molecule has 0 spiro atoms. The fourth-order valence-electron chi connectivity index (χ4n) is 2.08. The molecule has 0 saturated heterocycles. The largest absolute Gasteiger partial charge is 0.326 e. The van der Waals surface area contributed by atoms with E-state index in [1.165, 1.54) is 11.1 Å². The van der Waals surface area contributed by atoms with Gasteiger partial charge in [0, 0.05) is 30.2 Å². The summed E-state index contributed by atoms with van der Waals surface area (Å²) in [6, 6.07) is 3.97. The molecule has 1 aromatic rings. The molecule has 0 saturated carbocycles. The minimum atomic E-state index is -0.0107. The van der Waals surface area contributed by atoms with Crippen LogP contribution in [-0.4, -0.2) is 24.4 Å². The van der Waals surface area contributed by atoms with Crippen LogP contribution in [0.4, 0.5) is 5.69 Å². The van der Waals surface area contributed by atoms with Gasteiger partial charge >= 0.3 is 0 Å². The zero-order valence-corrected chi connectivity index (χ0v) is 11.1. The number of carbonyl (C=O) groups is 1. The van der Waals surface area contributed by atoms with Gasteiger partial charge in [0.25, 0.3) is 0 Å². The highest BCUT2D eigenvalue weighted by Gasteiger charge is 2.19. The number of fused-ring (bicyclic) bond motifs is 1. The maximum absolute atomic E-state index is 11.1. The van der Waals surface area contributed by atoms with E-state index in [0.29, 0.717) is 0 Å². The SMILES string of the molecule is CC(=O)Nc1ccc(Br)c2c1CCN(C)C2. The summed E-state index contributed by atoms with van der Waals surface area (Å²) in [6.45, 7) is 3.52. The Morgan fingerprint density at radius 1 is 1.44 bits per heavy atom. The van der Waals surface area contributed by atoms with Gasteiger partial charge in [-0.2, -0.15) is 0 Å². The molecule has 86 valence electrons. The first-order valence-electron chi connectivity index (χ1n) is 5.34. The first-order chi connectivity index (χ1) is 7.58. The molecule has 1 amide bonds. The summed E-state index contributed by atoms with van der Waals surface area (Å²) in [5, 5.41) is 2.90. The highest BCUT2D eigenvalue weighted by atomic mass is 79.9. The fourth-order valence-corrected chi connectivity index (χ4v) is 2.58. The monoisotopic (exact) mass is 282 g/mol. The van der Waals surface area contributed by atoms with Gasteiger partial charge in [0.15, 0.2) is 0 Å². The average Bonchev–Trinajstić information content (AvgIpc) is 2.22. The van der Waals surface area contributed by atoms with Crippen LogP contribution in [0.2, 0.25) is 0 Å². The molecule has 0 atom stereocenters. The summed E-state index contributed by atoms with van der Waals surface area (Å²) in [5.41, 5.74) is 3.52. The van der Waals surface area contributed by atoms with Crippen LogP contribution in [0, 0.1) is 0 Å². The van der Waals surface area contributed by atoms with Crippen molar-refractivity contribution < 1.29 is 4.79 Å². The van der Waals surface area contributed by atoms with Gasteiger partial charge < -0.3 is 10.2 Å². The maximum Gasteiger partial charge on any atom is 0.221 e. The molecule has 1 heterocycles. The third-order valence-corrected chi connectivity index (χ3v) is 3.60. The van der Waals surface area contributed by atoms with E-state index in [0.717, 1.165) is 29.7 Å². The highest BCUT2D eigenvalue weighted by Crippen LogP contribution is 2.31. The molecule has 16 heavy (non-hydrogen) atoms. The molecule has 1 aliphatic heterocycles. The van der Waals surface area contributed by atoms with Crippen molar-refractivity contribution in [1.82, 2.24) is 4.90 Å². The third-order valence-electron chi connectivity index (χ3n) is 2.86. The van der Waals surface area contributed by atoms with Crippen molar-refractivity contribution in [3.05, 3.63) is 27.7 Å². The van der Waals surface area contributed by atoms with Crippen molar-refractivity contribution in [3.8, 4) is 0 Å². The summed E-state index contributed by atoms with van der Waals surface area (Å²) in [6.07, 6.45) is 0.987. The lowest BCUT2D eigenvalue weighted by Crippen LogP contribution is -2.27. The standard InChI is InChI=1S/C12H15BrN2O/c1-8(16)14-12-4-3-11(13)10-7-15(2)6-5-9(10)12/h3-4H,5-7H2,1-2H3,(H,14,16). The number of anilines is 1. The molecular formula is C12H15BrN2O. The number of benzene rings is 1. The number of likely N-dealkylation sites (N-methyl/N-ethyl adjacent to an activating group) is 1.